The lowest BCUT2D eigenvalue weighted by Crippen LogP contribution is -1.91. The Labute approximate surface area is 332 Å². The van der Waals surface area contributed by atoms with Gasteiger partial charge in [0.05, 0.1) is 0 Å². The zero-order valence-electron chi connectivity index (χ0n) is 31.3. The van der Waals surface area contributed by atoms with Gasteiger partial charge in [-0.05, 0) is 152 Å². The first-order valence-corrected chi connectivity index (χ1v) is 20.4. The molecule has 0 N–H and O–H groups in total. The molecule has 58 heavy (non-hydrogen) atoms. The van der Waals surface area contributed by atoms with E-state index in [1.54, 1.807) is 0 Å². The van der Waals surface area contributed by atoms with Crippen LogP contribution in [0.1, 0.15) is 0 Å². The molecule has 0 radical (unpaired) electrons. The van der Waals surface area contributed by atoms with Gasteiger partial charge in [0.1, 0.15) is 0 Å². The number of benzene rings is 12. The van der Waals surface area contributed by atoms with Gasteiger partial charge in [-0.1, -0.05) is 182 Å². The van der Waals surface area contributed by atoms with Crippen molar-refractivity contribution in [3.63, 3.8) is 0 Å². The molecule has 0 bridgehead atoms. The second kappa shape index (κ2) is 10.2. The van der Waals surface area contributed by atoms with Crippen molar-refractivity contribution in [1.82, 2.24) is 0 Å². The van der Waals surface area contributed by atoms with E-state index in [1.165, 1.54) is 152 Å². The highest BCUT2D eigenvalue weighted by atomic mass is 14.3. The highest BCUT2D eigenvalue weighted by Crippen LogP contribution is 2.59. The van der Waals surface area contributed by atoms with Crippen molar-refractivity contribution < 1.29 is 0 Å². The zero-order chi connectivity index (χ0) is 37.4. The third-order valence-corrected chi connectivity index (χ3v) is 14.0. The molecule has 0 nitrogen and oxygen atoms in total. The fourth-order valence-corrected chi connectivity index (χ4v) is 12.0. The van der Waals surface area contributed by atoms with Gasteiger partial charge in [-0.3, -0.25) is 0 Å². The van der Waals surface area contributed by atoms with Gasteiger partial charge in [0, 0.05) is 0 Å². The third-order valence-electron chi connectivity index (χ3n) is 14.0. The summed E-state index contributed by atoms with van der Waals surface area (Å²) in [6, 6.07) is 69.0. The molecule has 0 saturated carbocycles. The maximum Gasteiger partial charge on any atom is -0.0000714 e. The fourth-order valence-electron chi connectivity index (χ4n) is 12.0. The van der Waals surface area contributed by atoms with Crippen LogP contribution in [0.15, 0.2) is 182 Å². The number of rotatable bonds is 2. The lowest BCUT2D eigenvalue weighted by atomic mass is 9.83. The van der Waals surface area contributed by atoms with Crippen LogP contribution >= 0.6 is 0 Å². The third kappa shape index (κ3) is 3.31. The Morgan fingerprint density at radius 1 is 0.155 bits per heavy atom. The number of fused-ring (bicyclic) bond motifs is 14. The standard InChI is InChI=1S/C58H30/c1-3-13-31(14-4-1)47-35-19-9-10-20-36(35)52-37-21-11-12-22-38(37)54-56-46-30-28-44-42-26-24-40-34-18-8-7-17-33(34)39-23-25-41(50(42)49(39)40)43-27-29-45(53(46)51(43)44)55(56)48(57(47)58(52)54)32-15-5-2-6-16-32/h1-30H. The van der Waals surface area contributed by atoms with E-state index in [9.17, 15) is 0 Å². The Balaban J connectivity index is 1.24. The van der Waals surface area contributed by atoms with Crippen molar-refractivity contribution in [2.45, 2.75) is 0 Å². The lowest BCUT2D eigenvalue weighted by Gasteiger charge is -2.19. The molecule has 262 valence electrons. The van der Waals surface area contributed by atoms with Crippen molar-refractivity contribution in [2.75, 3.05) is 0 Å². The molecule has 0 heteroatoms. The summed E-state index contributed by atoms with van der Waals surface area (Å²) in [5.74, 6) is 0. The van der Waals surface area contributed by atoms with E-state index in [1.807, 2.05) is 0 Å². The van der Waals surface area contributed by atoms with E-state index < -0.39 is 0 Å². The molecule has 1 aliphatic carbocycles. The van der Waals surface area contributed by atoms with Crippen LogP contribution in [0.25, 0.3) is 152 Å². The van der Waals surface area contributed by atoms with Crippen molar-refractivity contribution in [2.24, 2.45) is 0 Å². The minimum atomic E-state index is 1.25. The quantitative estimate of drug-likeness (QED) is 0.123. The number of hydrogen-bond acceptors (Lipinski definition) is 0. The molecule has 0 unspecified atom stereocenters. The second-order valence-corrected chi connectivity index (χ2v) is 16.5. The summed E-state index contributed by atoms with van der Waals surface area (Å²) in [5, 5.41) is 27.1. The van der Waals surface area contributed by atoms with Crippen LogP contribution in [0.4, 0.5) is 0 Å². The van der Waals surface area contributed by atoms with Crippen LogP contribution in [0.2, 0.25) is 0 Å². The molecule has 0 amide bonds. The first-order valence-electron chi connectivity index (χ1n) is 20.4. The van der Waals surface area contributed by atoms with Crippen LogP contribution in [-0.4, -0.2) is 0 Å². The summed E-state index contributed by atoms with van der Waals surface area (Å²) in [6.07, 6.45) is 0. The van der Waals surface area contributed by atoms with Gasteiger partial charge in [0.25, 0.3) is 0 Å². The first kappa shape index (κ1) is 29.7. The molecule has 14 aromatic rings. The van der Waals surface area contributed by atoms with Crippen molar-refractivity contribution in [3.8, 4) is 44.5 Å². The van der Waals surface area contributed by atoms with Gasteiger partial charge in [-0.15, -0.1) is 0 Å². The Morgan fingerprint density at radius 3 is 1.12 bits per heavy atom. The summed E-state index contributed by atoms with van der Waals surface area (Å²) in [4.78, 5) is 0. The van der Waals surface area contributed by atoms with Gasteiger partial charge in [-0.25, -0.2) is 0 Å². The Bertz CT molecular complexity index is 4020. The smallest absolute Gasteiger partial charge is 0.0000714 e. The highest BCUT2D eigenvalue weighted by Gasteiger charge is 2.30. The molecule has 0 heterocycles. The molecule has 0 spiro atoms. The summed E-state index contributed by atoms with van der Waals surface area (Å²) in [7, 11) is 0. The maximum absolute atomic E-state index is 2.47. The Morgan fingerprint density at radius 2 is 0.517 bits per heavy atom. The first-order chi connectivity index (χ1) is 28.8. The summed E-state index contributed by atoms with van der Waals surface area (Å²) >= 11 is 0. The van der Waals surface area contributed by atoms with Gasteiger partial charge in [0.2, 0.25) is 0 Å². The molecule has 0 aromatic heterocycles. The van der Waals surface area contributed by atoms with Gasteiger partial charge >= 0.3 is 0 Å². The van der Waals surface area contributed by atoms with Crippen LogP contribution in [0.5, 0.6) is 0 Å². The van der Waals surface area contributed by atoms with E-state index in [-0.39, 0.29) is 0 Å². The van der Waals surface area contributed by atoms with Crippen LogP contribution < -0.4 is 0 Å². The van der Waals surface area contributed by atoms with Crippen molar-refractivity contribution in [3.05, 3.63) is 182 Å². The average Bonchev–Trinajstić information content (AvgIpc) is 3.93. The molecule has 1 aliphatic rings. The minimum Gasteiger partial charge on any atom is -0.0622 e. The predicted molar refractivity (Wildman–Crippen MR) is 250 cm³/mol. The Hall–Kier alpha value is -7.54. The lowest BCUT2D eigenvalue weighted by molar-refractivity contribution is 1.67. The van der Waals surface area contributed by atoms with Crippen LogP contribution in [-0.2, 0) is 0 Å². The number of hydrogen-bond donors (Lipinski definition) is 0. The SMILES string of the molecule is c1ccc(-c2c3ccccc3c3c4ccccc4c4c5c6ccc7c8ccc9c%10c(ccc(c%11ccc(c5c(-c5ccccc5)c2c34)c6c%117)c%108)-c2ccccc2-9)cc1. The summed E-state index contributed by atoms with van der Waals surface area (Å²) in [6.45, 7) is 0. The molecule has 0 fully saturated rings. The van der Waals surface area contributed by atoms with Gasteiger partial charge < -0.3 is 0 Å². The monoisotopic (exact) mass is 726 g/mol. The molecular formula is C58H30. The van der Waals surface area contributed by atoms with E-state index in [2.05, 4.69) is 182 Å². The van der Waals surface area contributed by atoms with E-state index >= 15 is 0 Å². The van der Waals surface area contributed by atoms with Crippen LogP contribution in [0.3, 0.4) is 0 Å². The zero-order valence-corrected chi connectivity index (χ0v) is 31.3. The average molecular weight is 727 g/mol. The summed E-state index contributed by atoms with van der Waals surface area (Å²) in [5.41, 5.74) is 10.6. The molecule has 14 aromatic carbocycles. The normalized spacial score (nSPS) is 12.8. The minimum absolute atomic E-state index is 1.25. The van der Waals surface area contributed by atoms with E-state index in [0.29, 0.717) is 0 Å². The molecule has 0 aliphatic heterocycles. The maximum atomic E-state index is 2.47. The molecular weight excluding hydrogens is 697 g/mol. The largest absolute Gasteiger partial charge is 0.0622 e. The Kier molecular flexibility index (Phi) is 5.25. The highest BCUT2D eigenvalue weighted by molar-refractivity contribution is 6.53. The van der Waals surface area contributed by atoms with E-state index in [4.69, 9.17) is 0 Å². The van der Waals surface area contributed by atoms with Crippen molar-refractivity contribution in [1.29, 1.82) is 0 Å². The van der Waals surface area contributed by atoms with Crippen molar-refractivity contribution >= 4 is 108 Å². The second-order valence-electron chi connectivity index (χ2n) is 16.5. The van der Waals surface area contributed by atoms with E-state index in [0.717, 1.165) is 0 Å². The topological polar surface area (TPSA) is 0 Å². The molecule has 15 rings (SSSR count). The predicted octanol–water partition coefficient (Wildman–Crippen LogP) is 16.5. The van der Waals surface area contributed by atoms with Gasteiger partial charge in [0.15, 0.2) is 0 Å². The molecule has 0 saturated heterocycles. The summed E-state index contributed by atoms with van der Waals surface area (Å²) < 4.78 is 0. The van der Waals surface area contributed by atoms with Crippen LogP contribution in [0, 0.1) is 0 Å². The van der Waals surface area contributed by atoms with Gasteiger partial charge in [-0.2, -0.15) is 0 Å². The molecule has 0 atom stereocenters. The fraction of sp³-hybridized carbons (Fsp3) is 0.